The zero-order chi connectivity index (χ0) is 17.7. The van der Waals surface area contributed by atoms with Crippen molar-refractivity contribution in [2.45, 2.75) is 50.9 Å². The van der Waals surface area contributed by atoms with E-state index < -0.39 is 0 Å². The van der Waals surface area contributed by atoms with Crippen LogP contribution in [-0.4, -0.2) is 16.6 Å². The fraction of sp³-hybridized carbons (Fsp3) is 0.435. The van der Waals surface area contributed by atoms with Crippen LogP contribution < -0.4 is 4.74 Å². The molecule has 1 aliphatic carbocycles. The number of benzene rings is 2. The van der Waals surface area contributed by atoms with E-state index in [0.29, 0.717) is 11.8 Å². The topological polar surface area (TPSA) is 37.9 Å². The Labute approximate surface area is 154 Å². The van der Waals surface area contributed by atoms with Gasteiger partial charge in [-0.1, -0.05) is 31.2 Å². The number of para-hydroxylation sites is 1. The van der Waals surface area contributed by atoms with Crippen LogP contribution in [0.4, 0.5) is 0 Å². The van der Waals surface area contributed by atoms with Crippen molar-refractivity contribution in [2.24, 2.45) is 5.92 Å². The highest BCUT2D eigenvalue weighted by atomic mass is 16.5. The van der Waals surface area contributed by atoms with E-state index in [4.69, 9.17) is 9.72 Å². The van der Waals surface area contributed by atoms with Crippen LogP contribution in [0.5, 0.6) is 5.75 Å². The molecule has 2 aromatic carbocycles. The van der Waals surface area contributed by atoms with Gasteiger partial charge in [0.2, 0.25) is 0 Å². The van der Waals surface area contributed by atoms with Crippen LogP contribution in [0.1, 0.15) is 55.5 Å². The molecule has 1 N–H and O–H groups in total. The van der Waals surface area contributed by atoms with Crippen molar-refractivity contribution in [3.05, 3.63) is 59.4 Å². The highest BCUT2D eigenvalue weighted by molar-refractivity contribution is 5.75. The molecule has 1 spiro atoms. The summed E-state index contributed by atoms with van der Waals surface area (Å²) in [5, 5.41) is 0. The Morgan fingerprint density at radius 1 is 1.15 bits per heavy atom. The van der Waals surface area contributed by atoms with E-state index >= 15 is 0 Å². The van der Waals surface area contributed by atoms with Gasteiger partial charge in [0, 0.05) is 16.9 Å². The molecule has 0 saturated heterocycles. The number of aromatic nitrogens is 2. The van der Waals surface area contributed by atoms with E-state index in [1.165, 1.54) is 36.8 Å². The lowest BCUT2D eigenvalue weighted by atomic mass is 9.65. The van der Waals surface area contributed by atoms with E-state index in [2.05, 4.69) is 61.3 Å². The molecule has 3 nitrogen and oxygen atoms in total. The molecular formula is C23H26N2O. The van der Waals surface area contributed by atoms with Crippen LogP contribution in [0.15, 0.2) is 42.5 Å². The van der Waals surface area contributed by atoms with Gasteiger partial charge in [-0.2, -0.15) is 0 Å². The summed E-state index contributed by atoms with van der Waals surface area (Å²) in [5.74, 6) is 3.41. The first-order valence-electron chi connectivity index (χ1n) is 9.83. The van der Waals surface area contributed by atoms with Crippen molar-refractivity contribution in [1.29, 1.82) is 0 Å². The maximum absolute atomic E-state index is 6.00. The third kappa shape index (κ3) is 2.45. The Hall–Kier alpha value is -2.29. The minimum Gasteiger partial charge on any atom is -0.492 e. The smallest absolute Gasteiger partial charge is 0.123 e. The van der Waals surface area contributed by atoms with Crippen molar-refractivity contribution in [3.8, 4) is 5.75 Å². The van der Waals surface area contributed by atoms with Gasteiger partial charge < -0.3 is 9.72 Å². The highest BCUT2D eigenvalue weighted by Crippen LogP contribution is 2.50. The second-order valence-corrected chi connectivity index (χ2v) is 8.33. The molecule has 26 heavy (non-hydrogen) atoms. The lowest BCUT2D eigenvalue weighted by Gasteiger charge is -2.38. The summed E-state index contributed by atoms with van der Waals surface area (Å²) in [4.78, 5) is 8.45. The number of aromatic amines is 1. The van der Waals surface area contributed by atoms with Crippen molar-refractivity contribution >= 4 is 11.0 Å². The normalized spacial score (nSPS) is 26.0. The van der Waals surface area contributed by atoms with Crippen LogP contribution in [0.2, 0.25) is 0 Å². The Bertz CT molecular complexity index is 950. The number of rotatable bonds is 2. The summed E-state index contributed by atoms with van der Waals surface area (Å²) in [7, 11) is 0. The third-order valence-corrected chi connectivity index (χ3v) is 6.74. The molecule has 0 unspecified atom stereocenters. The Kier molecular flexibility index (Phi) is 3.59. The summed E-state index contributed by atoms with van der Waals surface area (Å²) in [5.41, 5.74) is 5.21. The maximum atomic E-state index is 6.00. The van der Waals surface area contributed by atoms with Gasteiger partial charge in [0.1, 0.15) is 11.6 Å². The van der Waals surface area contributed by atoms with E-state index in [1.54, 1.807) is 0 Å². The van der Waals surface area contributed by atoms with Crippen molar-refractivity contribution in [2.75, 3.05) is 6.61 Å². The van der Waals surface area contributed by atoms with Gasteiger partial charge in [-0.25, -0.2) is 4.98 Å². The molecule has 5 rings (SSSR count). The number of hydrogen-bond donors (Lipinski definition) is 1. The van der Waals surface area contributed by atoms with Gasteiger partial charge in [0.05, 0.1) is 17.6 Å². The molecule has 1 saturated carbocycles. The molecule has 2 heterocycles. The third-order valence-electron chi connectivity index (χ3n) is 6.74. The largest absolute Gasteiger partial charge is 0.492 e. The molecule has 0 amide bonds. The molecule has 1 aromatic heterocycles. The van der Waals surface area contributed by atoms with Crippen LogP contribution in [0.3, 0.4) is 0 Å². The minimum absolute atomic E-state index is 0.248. The first-order valence-corrected chi connectivity index (χ1v) is 9.83. The van der Waals surface area contributed by atoms with Crippen molar-refractivity contribution < 1.29 is 4.74 Å². The molecular weight excluding hydrogens is 320 g/mol. The van der Waals surface area contributed by atoms with Crippen LogP contribution in [0.25, 0.3) is 11.0 Å². The Morgan fingerprint density at radius 2 is 1.96 bits per heavy atom. The van der Waals surface area contributed by atoms with E-state index in [1.807, 2.05) is 0 Å². The summed E-state index contributed by atoms with van der Waals surface area (Å²) in [6, 6.07) is 15.1. The molecule has 2 aliphatic rings. The molecule has 3 heteroatoms. The lowest BCUT2D eigenvalue weighted by molar-refractivity contribution is 0.169. The monoisotopic (exact) mass is 346 g/mol. The molecule has 134 valence electrons. The fourth-order valence-corrected chi connectivity index (χ4v) is 5.01. The molecule has 0 bridgehead atoms. The predicted octanol–water partition coefficient (Wildman–Crippen LogP) is 5.50. The van der Waals surface area contributed by atoms with Gasteiger partial charge in [0.25, 0.3) is 0 Å². The molecule has 1 aliphatic heterocycles. The van der Waals surface area contributed by atoms with Crippen LogP contribution in [-0.2, 0) is 5.41 Å². The summed E-state index contributed by atoms with van der Waals surface area (Å²) in [6.07, 6.45) is 4.93. The second kappa shape index (κ2) is 5.87. The summed E-state index contributed by atoms with van der Waals surface area (Å²) < 4.78 is 6.00. The van der Waals surface area contributed by atoms with Gasteiger partial charge >= 0.3 is 0 Å². The quantitative estimate of drug-likeness (QED) is 0.666. The number of ether oxygens (including phenoxy) is 1. The van der Waals surface area contributed by atoms with Crippen LogP contribution >= 0.6 is 0 Å². The van der Waals surface area contributed by atoms with Crippen molar-refractivity contribution in [1.82, 2.24) is 9.97 Å². The standard InChI is InChI=1S/C23H26N2O/c1-15-7-8-19-20(13-15)25-22(24-19)16(2)17-9-11-23(12-10-17)14-26-21-6-4-3-5-18(21)23/h3-8,13,16-17H,9-12,14H2,1-2H3,(H,24,25)/t16-,17?,23?/m0/s1. The number of nitrogens with one attached hydrogen (secondary N) is 1. The maximum Gasteiger partial charge on any atom is 0.123 e. The number of H-pyrrole nitrogens is 1. The lowest BCUT2D eigenvalue weighted by Crippen LogP contribution is -2.34. The second-order valence-electron chi connectivity index (χ2n) is 8.33. The Morgan fingerprint density at radius 3 is 2.81 bits per heavy atom. The SMILES string of the molecule is Cc1ccc2nc([C@@H](C)C3CCC4(CC3)COc3ccccc34)[nH]c2c1. The first kappa shape index (κ1) is 15.9. The summed E-state index contributed by atoms with van der Waals surface area (Å²) in [6.45, 7) is 5.33. The number of nitrogens with zero attached hydrogens (tertiary/aromatic N) is 1. The highest BCUT2D eigenvalue weighted by Gasteiger charge is 2.44. The average molecular weight is 346 g/mol. The zero-order valence-electron chi connectivity index (χ0n) is 15.6. The minimum atomic E-state index is 0.248. The summed E-state index contributed by atoms with van der Waals surface area (Å²) >= 11 is 0. The molecule has 1 atom stereocenters. The van der Waals surface area contributed by atoms with Gasteiger partial charge in [-0.15, -0.1) is 0 Å². The molecule has 1 fully saturated rings. The number of hydrogen-bond acceptors (Lipinski definition) is 2. The fourth-order valence-electron chi connectivity index (χ4n) is 5.01. The first-order chi connectivity index (χ1) is 12.6. The van der Waals surface area contributed by atoms with Gasteiger partial charge in [0.15, 0.2) is 0 Å². The predicted molar refractivity (Wildman–Crippen MR) is 105 cm³/mol. The van der Waals surface area contributed by atoms with Crippen LogP contribution in [0, 0.1) is 12.8 Å². The number of fused-ring (bicyclic) bond motifs is 3. The van der Waals surface area contributed by atoms with E-state index in [0.717, 1.165) is 29.2 Å². The average Bonchev–Trinajstić information content (AvgIpc) is 3.24. The zero-order valence-corrected chi connectivity index (χ0v) is 15.6. The van der Waals surface area contributed by atoms with E-state index in [-0.39, 0.29) is 5.41 Å². The number of aryl methyl sites for hydroxylation is 1. The Balaban J connectivity index is 1.35. The number of imidazole rings is 1. The van der Waals surface area contributed by atoms with Gasteiger partial charge in [-0.3, -0.25) is 0 Å². The van der Waals surface area contributed by atoms with Gasteiger partial charge in [-0.05, 0) is 62.3 Å². The molecule has 3 aromatic rings. The van der Waals surface area contributed by atoms with E-state index in [9.17, 15) is 0 Å². The van der Waals surface area contributed by atoms with Crippen molar-refractivity contribution in [3.63, 3.8) is 0 Å². The molecule has 0 radical (unpaired) electrons.